The van der Waals surface area contributed by atoms with Gasteiger partial charge < -0.3 is 0 Å². The highest BCUT2D eigenvalue weighted by molar-refractivity contribution is 7.86. The van der Waals surface area contributed by atoms with Crippen LogP contribution in [0.4, 0.5) is 0 Å². The Morgan fingerprint density at radius 3 is 1.93 bits per heavy atom. The molecule has 0 saturated heterocycles. The highest BCUT2D eigenvalue weighted by Gasteiger charge is 2.17. The standard InChI is InChI=1S/C16H15NO4S.C7H8O3S.C6H5NO/c1-11-6-9-16(22(19,20)21)14(10-11)15-5-3-4-13(17-15)8-7-12(2)18;1-6-2-4-7(5-3-6)11(8,9)10;8-5-6-3-1-2-4-7-6/h3-10H,1-2H3,(H,19,20,21);2-5H,1H3,(H,8,9,10);1-5H/b8-7+;;. The molecular formula is C29H28N2O8S2. The number of benzene rings is 2. The number of nitrogens with zero attached hydrogens (tertiary/aromatic N) is 2. The van der Waals surface area contributed by atoms with E-state index in [4.69, 9.17) is 4.55 Å². The monoisotopic (exact) mass is 596 g/mol. The van der Waals surface area contributed by atoms with Gasteiger partial charge in [0, 0.05) is 11.8 Å². The summed E-state index contributed by atoms with van der Waals surface area (Å²) in [4.78, 5) is 28.7. The summed E-state index contributed by atoms with van der Waals surface area (Å²) >= 11 is 0. The van der Waals surface area contributed by atoms with Gasteiger partial charge in [0.1, 0.15) is 10.6 Å². The van der Waals surface area contributed by atoms with Crippen LogP contribution in [0.3, 0.4) is 0 Å². The first-order valence-corrected chi connectivity index (χ1v) is 14.7. The Hall–Kier alpha value is -4.36. The number of ketones is 1. The van der Waals surface area contributed by atoms with Gasteiger partial charge in [0.05, 0.1) is 16.3 Å². The minimum atomic E-state index is -4.35. The summed E-state index contributed by atoms with van der Waals surface area (Å²) in [7, 11) is -8.37. The van der Waals surface area contributed by atoms with Gasteiger partial charge in [0.25, 0.3) is 20.2 Å². The molecular weight excluding hydrogens is 568 g/mol. The number of pyridine rings is 2. The highest BCUT2D eigenvalue weighted by Crippen LogP contribution is 2.27. The number of allylic oxidation sites excluding steroid dienone is 1. The maximum Gasteiger partial charge on any atom is 0.295 e. The van der Waals surface area contributed by atoms with E-state index in [1.807, 2.05) is 13.8 Å². The van der Waals surface area contributed by atoms with Crippen LogP contribution in [-0.2, 0) is 25.0 Å². The number of aromatic nitrogens is 2. The lowest BCUT2D eigenvalue weighted by Crippen LogP contribution is -2.02. The van der Waals surface area contributed by atoms with Crippen LogP contribution in [-0.4, -0.2) is 48.0 Å². The second-order valence-electron chi connectivity index (χ2n) is 8.53. The van der Waals surface area contributed by atoms with Crippen molar-refractivity contribution in [2.75, 3.05) is 0 Å². The Balaban J connectivity index is 0.000000255. The molecule has 0 aliphatic carbocycles. The third kappa shape index (κ3) is 11.3. The van der Waals surface area contributed by atoms with Crippen molar-refractivity contribution < 1.29 is 35.5 Å². The predicted octanol–water partition coefficient (Wildman–Crippen LogP) is 5.04. The van der Waals surface area contributed by atoms with Crippen molar-refractivity contribution in [3.05, 3.63) is 114 Å². The fraction of sp³-hybridized carbons (Fsp3) is 0.103. The van der Waals surface area contributed by atoms with Crippen LogP contribution in [0.25, 0.3) is 17.3 Å². The summed E-state index contributed by atoms with van der Waals surface area (Å²) in [6.45, 7) is 5.09. The molecule has 10 nitrogen and oxygen atoms in total. The summed E-state index contributed by atoms with van der Waals surface area (Å²) in [5.74, 6) is -0.110. The van der Waals surface area contributed by atoms with E-state index in [1.165, 1.54) is 31.2 Å². The average molecular weight is 597 g/mol. The van der Waals surface area contributed by atoms with Gasteiger partial charge in [-0.25, -0.2) is 4.98 Å². The fourth-order valence-electron chi connectivity index (χ4n) is 3.12. The summed E-state index contributed by atoms with van der Waals surface area (Å²) in [6.07, 6.45) is 5.24. The summed E-state index contributed by atoms with van der Waals surface area (Å²) in [5.41, 5.74) is 3.52. The number of carbonyl (C=O) groups is 2. The molecule has 0 unspecified atom stereocenters. The molecule has 2 aromatic carbocycles. The van der Waals surface area contributed by atoms with E-state index in [1.54, 1.807) is 72.9 Å². The van der Waals surface area contributed by atoms with Crippen molar-refractivity contribution in [3.63, 3.8) is 0 Å². The summed E-state index contributed by atoms with van der Waals surface area (Å²) < 4.78 is 61.9. The van der Waals surface area contributed by atoms with Gasteiger partial charge in [-0.05, 0) is 81.5 Å². The maximum atomic E-state index is 11.5. The first kappa shape index (κ1) is 32.8. The van der Waals surface area contributed by atoms with Crippen LogP contribution in [0.15, 0.2) is 101 Å². The van der Waals surface area contributed by atoms with Crippen molar-refractivity contribution >= 4 is 38.4 Å². The first-order chi connectivity index (χ1) is 19.2. The average Bonchev–Trinajstić information content (AvgIpc) is 2.92. The molecule has 0 fully saturated rings. The molecule has 214 valence electrons. The quantitative estimate of drug-likeness (QED) is 0.175. The van der Waals surface area contributed by atoms with E-state index in [2.05, 4.69) is 9.97 Å². The first-order valence-electron chi connectivity index (χ1n) is 11.9. The van der Waals surface area contributed by atoms with Crippen LogP contribution in [0, 0.1) is 13.8 Å². The van der Waals surface area contributed by atoms with Crippen LogP contribution in [0.2, 0.25) is 0 Å². The smallest absolute Gasteiger partial charge is 0.295 e. The van der Waals surface area contributed by atoms with Crippen LogP contribution < -0.4 is 0 Å². The third-order valence-electron chi connectivity index (χ3n) is 5.08. The van der Waals surface area contributed by atoms with Crippen molar-refractivity contribution in [2.45, 2.75) is 30.6 Å². The number of hydrogen-bond acceptors (Lipinski definition) is 8. The van der Waals surface area contributed by atoms with E-state index in [0.29, 0.717) is 22.6 Å². The molecule has 0 amide bonds. The van der Waals surface area contributed by atoms with Gasteiger partial charge in [-0.1, -0.05) is 41.5 Å². The van der Waals surface area contributed by atoms with Gasteiger partial charge in [-0.3, -0.25) is 23.7 Å². The molecule has 2 N–H and O–H groups in total. The van der Waals surface area contributed by atoms with E-state index < -0.39 is 20.2 Å². The molecule has 0 atom stereocenters. The second kappa shape index (κ2) is 14.9. The van der Waals surface area contributed by atoms with E-state index in [9.17, 15) is 31.0 Å². The SMILES string of the molecule is CC(=O)/C=C/c1cccc(-c2cc(C)ccc2S(=O)(=O)O)n1.Cc1ccc(S(=O)(=O)O)cc1.O=Cc1ccccn1. The largest absolute Gasteiger partial charge is 0.296 e. The van der Waals surface area contributed by atoms with E-state index >= 15 is 0 Å². The Morgan fingerprint density at radius 2 is 1.41 bits per heavy atom. The molecule has 0 saturated carbocycles. The van der Waals surface area contributed by atoms with Crippen LogP contribution in [0.1, 0.15) is 34.2 Å². The van der Waals surface area contributed by atoms with Gasteiger partial charge in [-0.15, -0.1) is 0 Å². The van der Waals surface area contributed by atoms with E-state index in [0.717, 1.165) is 17.4 Å². The molecule has 0 radical (unpaired) electrons. The predicted molar refractivity (Wildman–Crippen MR) is 155 cm³/mol. The van der Waals surface area contributed by atoms with Crippen molar-refractivity contribution in [1.29, 1.82) is 0 Å². The second-order valence-corrected chi connectivity index (χ2v) is 11.3. The zero-order valence-corrected chi connectivity index (χ0v) is 24.0. The summed E-state index contributed by atoms with van der Waals surface area (Å²) in [6, 6.07) is 20.8. The number of aldehydes is 1. The lowest BCUT2D eigenvalue weighted by atomic mass is 10.1. The zero-order chi connectivity index (χ0) is 30.6. The summed E-state index contributed by atoms with van der Waals surface area (Å²) in [5, 5.41) is 0. The topological polar surface area (TPSA) is 169 Å². The van der Waals surface area contributed by atoms with Crippen molar-refractivity contribution in [3.8, 4) is 11.3 Å². The number of carbonyl (C=O) groups excluding carboxylic acids is 2. The minimum absolute atomic E-state index is 0.0666. The number of rotatable bonds is 6. The van der Waals surface area contributed by atoms with Crippen molar-refractivity contribution in [2.24, 2.45) is 0 Å². The van der Waals surface area contributed by atoms with E-state index in [-0.39, 0.29) is 15.6 Å². The Morgan fingerprint density at radius 1 is 0.780 bits per heavy atom. The zero-order valence-electron chi connectivity index (χ0n) is 22.4. The number of hydrogen-bond donors (Lipinski definition) is 2. The lowest BCUT2D eigenvalue weighted by molar-refractivity contribution is -0.112. The minimum Gasteiger partial charge on any atom is -0.296 e. The lowest BCUT2D eigenvalue weighted by Gasteiger charge is -2.08. The molecule has 0 spiro atoms. The molecule has 41 heavy (non-hydrogen) atoms. The maximum absolute atomic E-state index is 11.5. The molecule has 4 aromatic rings. The number of aryl methyl sites for hydroxylation is 2. The van der Waals surface area contributed by atoms with Gasteiger partial charge >= 0.3 is 0 Å². The van der Waals surface area contributed by atoms with Crippen LogP contribution in [0.5, 0.6) is 0 Å². The normalized spacial score (nSPS) is 11.0. The fourth-order valence-corrected chi connectivity index (χ4v) is 4.28. The Bertz CT molecular complexity index is 1740. The Labute approximate surface area is 238 Å². The molecule has 2 heterocycles. The molecule has 0 aliphatic heterocycles. The molecule has 0 bridgehead atoms. The van der Waals surface area contributed by atoms with Gasteiger partial charge in [0.15, 0.2) is 12.1 Å². The molecule has 4 rings (SSSR count). The molecule has 0 aliphatic rings. The van der Waals surface area contributed by atoms with Crippen LogP contribution >= 0.6 is 0 Å². The van der Waals surface area contributed by atoms with Crippen molar-refractivity contribution in [1.82, 2.24) is 9.97 Å². The molecule has 12 heteroatoms. The highest BCUT2D eigenvalue weighted by atomic mass is 32.2. The van der Waals surface area contributed by atoms with Gasteiger partial charge in [-0.2, -0.15) is 16.8 Å². The molecule has 2 aromatic heterocycles. The Kier molecular flexibility index (Phi) is 11.9. The third-order valence-corrected chi connectivity index (χ3v) is 6.86. The van der Waals surface area contributed by atoms with Gasteiger partial charge in [0.2, 0.25) is 0 Å².